The average molecular weight is 366 g/mol. The van der Waals surface area contributed by atoms with Gasteiger partial charge in [-0.2, -0.15) is 0 Å². The smallest absolute Gasteiger partial charge is 0.233 e. The van der Waals surface area contributed by atoms with Crippen LogP contribution in [0.2, 0.25) is 0 Å². The summed E-state index contributed by atoms with van der Waals surface area (Å²) in [6.45, 7) is 1.95. The lowest BCUT2D eigenvalue weighted by molar-refractivity contribution is -0.136. The second kappa shape index (κ2) is 7.69. The number of nitrogens with zero attached hydrogens (tertiary/aromatic N) is 2. The quantitative estimate of drug-likeness (QED) is 0.754. The summed E-state index contributed by atoms with van der Waals surface area (Å²) in [5.74, 6) is 1.00. The highest BCUT2D eigenvalue weighted by molar-refractivity contribution is 5.91. The fraction of sp³-hybridized carbons (Fsp3) is 0.455. The minimum absolute atomic E-state index is 0.129. The summed E-state index contributed by atoms with van der Waals surface area (Å²) in [6.07, 6.45) is 5.77. The number of carbonyl (C=O) groups excluding carboxylic acids is 1. The molecule has 1 aromatic carbocycles. The molecule has 1 saturated carbocycles. The van der Waals surface area contributed by atoms with E-state index in [2.05, 4.69) is 4.98 Å². The Labute approximate surface area is 160 Å². The van der Waals surface area contributed by atoms with Crippen LogP contribution >= 0.6 is 0 Å². The minimum atomic E-state index is -0.403. The van der Waals surface area contributed by atoms with E-state index < -0.39 is 5.41 Å². The topological polar surface area (TPSA) is 51.7 Å². The summed E-state index contributed by atoms with van der Waals surface area (Å²) in [6, 6.07) is 13.8. The fourth-order valence-electron chi connectivity index (χ4n) is 3.90. The van der Waals surface area contributed by atoms with Crippen molar-refractivity contribution in [2.24, 2.45) is 0 Å². The van der Waals surface area contributed by atoms with E-state index in [1.165, 1.54) is 0 Å². The van der Waals surface area contributed by atoms with Crippen LogP contribution in [0, 0.1) is 0 Å². The number of aromatic nitrogens is 1. The van der Waals surface area contributed by atoms with Crippen LogP contribution < -0.4 is 4.74 Å². The molecule has 0 unspecified atom stereocenters. The lowest BCUT2D eigenvalue weighted by atomic mass is 9.93. The van der Waals surface area contributed by atoms with Gasteiger partial charge in [-0.05, 0) is 55.5 Å². The van der Waals surface area contributed by atoms with Gasteiger partial charge in [0.15, 0.2) is 0 Å². The molecule has 0 N–H and O–H groups in total. The van der Waals surface area contributed by atoms with Crippen LogP contribution in [0.15, 0.2) is 48.7 Å². The first-order valence-corrected chi connectivity index (χ1v) is 9.67. The van der Waals surface area contributed by atoms with Crippen molar-refractivity contribution < 1.29 is 14.3 Å². The third kappa shape index (κ3) is 3.83. The van der Waals surface area contributed by atoms with Gasteiger partial charge in [0.25, 0.3) is 0 Å². The van der Waals surface area contributed by atoms with Crippen molar-refractivity contribution >= 4 is 5.91 Å². The van der Waals surface area contributed by atoms with Crippen LogP contribution in [0.25, 0.3) is 0 Å². The van der Waals surface area contributed by atoms with Crippen LogP contribution in [-0.2, 0) is 21.5 Å². The Hall–Kier alpha value is -2.40. The van der Waals surface area contributed by atoms with Gasteiger partial charge in [0.05, 0.1) is 30.9 Å². The van der Waals surface area contributed by atoms with Gasteiger partial charge >= 0.3 is 0 Å². The van der Waals surface area contributed by atoms with Crippen LogP contribution in [-0.4, -0.2) is 42.2 Å². The number of methoxy groups -OCH3 is 1. The Bertz CT molecular complexity index is 766. The monoisotopic (exact) mass is 366 g/mol. The number of benzene rings is 1. The fourth-order valence-corrected chi connectivity index (χ4v) is 3.90. The van der Waals surface area contributed by atoms with E-state index in [-0.39, 0.29) is 12.0 Å². The van der Waals surface area contributed by atoms with Gasteiger partial charge in [0.2, 0.25) is 5.91 Å². The van der Waals surface area contributed by atoms with E-state index in [1.54, 1.807) is 13.3 Å². The SMILES string of the molecule is COc1ccc(C2(C(=O)N(Cc3ccccn3)C[C@H]3CCCO3)CC2)cc1. The Kier molecular flexibility index (Phi) is 5.12. The van der Waals surface area contributed by atoms with Gasteiger partial charge in [0, 0.05) is 19.3 Å². The normalized spacial score (nSPS) is 20.3. The third-order valence-corrected chi connectivity index (χ3v) is 5.62. The highest BCUT2D eigenvalue weighted by Crippen LogP contribution is 2.50. The molecule has 2 aromatic rings. The number of carbonyl (C=O) groups is 1. The molecule has 1 atom stereocenters. The van der Waals surface area contributed by atoms with Gasteiger partial charge in [-0.1, -0.05) is 18.2 Å². The summed E-state index contributed by atoms with van der Waals surface area (Å²) in [7, 11) is 1.66. The van der Waals surface area contributed by atoms with Gasteiger partial charge in [-0.3, -0.25) is 9.78 Å². The molecule has 142 valence electrons. The maximum atomic E-state index is 13.6. The average Bonchev–Trinajstić information content (AvgIpc) is 3.37. The Morgan fingerprint density at radius 2 is 2.07 bits per heavy atom. The molecule has 1 saturated heterocycles. The third-order valence-electron chi connectivity index (χ3n) is 5.62. The zero-order chi connectivity index (χ0) is 18.7. The molecule has 0 bridgehead atoms. The summed E-state index contributed by atoms with van der Waals surface area (Å²) in [5.41, 5.74) is 1.58. The largest absolute Gasteiger partial charge is 0.497 e. The molecule has 0 spiro atoms. The maximum absolute atomic E-state index is 13.6. The number of hydrogen-bond donors (Lipinski definition) is 0. The predicted molar refractivity (Wildman–Crippen MR) is 103 cm³/mol. The summed E-state index contributed by atoms with van der Waals surface area (Å²) < 4.78 is 11.1. The first-order valence-electron chi connectivity index (χ1n) is 9.67. The molecular formula is C22H26N2O3. The zero-order valence-electron chi connectivity index (χ0n) is 15.8. The van der Waals surface area contributed by atoms with Crippen molar-refractivity contribution in [3.63, 3.8) is 0 Å². The first-order chi connectivity index (χ1) is 13.2. The van der Waals surface area contributed by atoms with E-state index in [0.29, 0.717) is 13.1 Å². The number of pyridine rings is 1. The maximum Gasteiger partial charge on any atom is 0.233 e. The van der Waals surface area contributed by atoms with E-state index in [0.717, 1.165) is 49.3 Å². The number of amides is 1. The van der Waals surface area contributed by atoms with Crippen LogP contribution in [0.5, 0.6) is 5.75 Å². The van der Waals surface area contributed by atoms with E-state index in [1.807, 2.05) is 47.4 Å². The molecule has 0 radical (unpaired) electrons. The van der Waals surface area contributed by atoms with Gasteiger partial charge in [-0.25, -0.2) is 0 Å². The van der Waals surface area contributed by atoms with E-state index >= 15 is 0 Å². The summed E-state index contributed by atoms with van der Waals surface area (Å²) in [5, 5.41) is 0. The van der Waals surface area contributed by atoms with Crippen molar-refractivity contribution in [1.82, 2.24) is 9.88 Å². The predicted octanol–water partition coefficient (Wildman–Crippen LogP) is 3.33. The van der Waals surface area contributed by atoms with Crippen molar-refractivity contribution in [3.05, 3.63) is 59.9 Å². The molecular weight excluding hydrogens is 340 g/mol. The molecule has 1 aliphatic heterocycles. The summed E-state index contributed by atoms with van der Waals surface area (Å²) in [4.78, 5) is 20.0. The molecule has 1 aromatic heterocycles. The summed E-state index contributed by atoms with van der Waals surface area (Å²) >= 11 is 0. The van der Waals surface area contributed by atoms with E-state index in [9.17, 15) is 4.79 Å². The second-order valence-electron chi connectivity index (χ2n) is 7.45. The Morgan fingerprint density at radius 1 is 1.26 bits per heavy atom. The highest BCUT2D eigenvalue weighted by atomic mass is 16.5. The van der Waals surface area contributed by atoms with Crippen molar-refractivity contribution in [1.29, 1.82) is 0 Å². The van der Waals surface area contributed by atoms with Crippen molar-refractivity contribution in [3.8, 4) is 5.75 Å². The first kappa shape index (κ1) is 18.0. The molecule has 2 fully saturated rings. The molecule has 27 heavy (non-hydrogen) atoms. The molecule has 5 nitrogen and oxygen atoms in total. The minimum Gasteiger partial charge on any atom is -0.497 e. The van der Waals surface area contributed by atoms with E-state index in [4.69, 9.17) is 9.47 Å². The molecule has 1 amide bonds. The standard InChI is InChI=1S/C22H26N2O3/c1-26-19-9-7-17(8-10-19)22(11-12-22)21(25)24(16-20-6-4-14-27-20)15-18-5-2-3-13-23-18/h2-3,5,7-10,13,20H,4,6,11-12,14-16H2,1H3/t20-/m1/s1. The van der Waals surface area contributed by atoms with Gasteiger partial charge < -0.3 is 14.4 Å². The van der Waals surface area contributed by atoms with Gasteiger partial charge in [-0.15, -0.1) is 0 Å². The molecule has 2 aliphatic rings. The van der Waals surface area contributed by atoms with Crippen LogP contribution in [0.4, 0.5) is 0 Å². The van der Waals surface area contributed by atoms with Crippen molar-refractivity contribution in [2.45, 2.75) is 43.7 Å². The molecule has 2 heterocycles. The lowest BCUT2D eigenvalue weighted by Gasteiger charge is -2.29. The van der Waals surface area contributed by atoms with Crippen molar-refractivity contribution in [2.75, 3.05) is 20.3 Å². The highest BCUT2D eigenvalue weighted by Gasteiger charge is 2.53. The van der Waals surface area contributed by atoms with Crippen LogP contribution in [0.3, 0.4) is 0 Å². The number of rotatable bonds is 7. The zero-order valence-corrected chi connectivity index (χ0v) is 15.8. The van der Waals surface area contributed by atoms with Crippen LogP contribution in [0.1, 0.15) is 36.9 Å². The number of ether oxygens (including phenoxy) is 2. The molecule has 5 heteroatoms. The van der Waals surface area contributed by atoms with Gasteiger partial charge in [0.1, 0.15) is 5.75 Å². The molecule has 4 rings (SSSR count). The second-order valence-corrected chi connectivity index (χ2v) is 7.45. The Balaban J connectivity index is 1.56. The lowest BCUT2D eigenvalue weighted by Crippen LogP contribution is -2.43. The molecule has 1 aliphatic carbocycles. The number of hydrogen-bond acceptors (Lipinski definition) is 4. The Morgan fingerprint density at radius 3 is 2.67 bits per heavy atom.